The Labute approximate surface area is 127 Å². The van der Waals surface area contributed by atoms with E-state index >= 15 is 0 Å². The van der Waals surface area contributed by atoms with E-state index < -0.39 is 0 Å². The molecule has 1 fully saturated rings. The Kier molecular flexibility index (Phi) is 4.71. The maximum absolute atomic E-state index is 12.3. The number of amides is 1. The third kappa shape index (κ3) is 3.64. The minimum absolute atomic E-state index is 0.00825. The highest BCUT2D eigenvalue weighted by molar-refractivity contribution is 5.92. The summed E-state index contributed by atoms with van der Waals surface area (Å²) in [5, 5.41) is 7.52. The predicted octanol–water partition coefficient (Wildman–Crippen LogP) is 3.07. The Hall–Kier alpha value is -1.36. The highest BCUT2D eigenvalue weighted by atomic mass is 16.1. The molecule has 5 heteroatoms. The molecular weight excluding hydrogens is 264 g/mol. The Morgan fingerprint density at radius 1 is 1.33 bits per heavy atom. The van der Waals surface area contributed by atoms with E-state index in [0.717, 1.165) is 42.8 Å². The maximum atomic E-state index is 12.3. The first-order valence-electron chi connectivity index (χ1n) is 7.97. The van der Waals surface area contributed by atoms with Gasteiger partial charge in [0.15, 0.2) is 0 Å². The number of nitrogens with two attached hydrogens (primary N) is 1. The van der Waals surface area contributed by atoms with E-state index in [1.807, 2.05) is 18.5 Å². The lowest BCUT2D eigenvalue weighted by atomic mass is 9.80. The molecule has 1 heterocycles. The number of nitrogens with one attached hydrogen (secondary N) is 1. The van der Waals surface area contributed by atoms with Gasteiger partial charge in [-0.05, 0) is 40.5 Å². The number of hydrogen-bond donors (Lipinski definition) is 2. The van der Waals surface area contributed by atoms with Crippen LogP contribution in [0.2, 0.25) is 0 Å². The van der Waals surface area contributed by atoms with Gasteiger partial charge >= 0.3 is 0 Å². The van der Waals surface area contributed by atoms with Gasteiger partial charge in [-0.15, -0.1) is 0 Å². The van der Waals surface area contributed by atoms with Crippen molar-refractivity contribution in [3.05, 3.63) is 11.4 Å². The Bertz CT molecular complexity index is 513. The monoisotopic (exact) mass is 292 g/mol. The van der Waals surface area contributed by atoms with Crippen LogP contribution >= 0.6 is 0 Å². The van der Waals surface area contributed by atoms with Gasteiger partial charge in [0, 0.05) is 18.0 Å². The zero-order chi connectivity index (χ0) is 15.6. The summed E-state index contributed by atoms with van der Waals surface area (Å²) in [5.74, 6) is 0.00825. The summed E-state index contributed by atoms with van der Waals surface area (Å²) in [6.45, 7) is 8.10. The van der Waals surface area contributed by atoms with E-state index in [4.69, 9.17) is 5.73 Å². The lowest BCUT2D eigenvalue weighted by molar-refractivity contribution is -0.117. The van der Waals surface area contributed by atoms with Gasteiger partial charge < -0.3 is 11.1 Å². The van der Waals surface area contributed by atoms with Crippen LogP contribution in [0, 0.1) is 13.8 Å². The Balaban J connectivity index is 2.06. The number of aryl methyl sites for hydroxylation is 1. The van der Waals surface area contributed by atoms with Crippen LogP contribution in [0.1, 0.15) is 69.8 Å². The molecule has 0 radical (unpaired) electrons. The fourth-order valence-electron chi connectivity index (χ4n) is 3.28. The molecule has 0 saturated heterocycles. The highest BCUT2D eigenvalue weighted by Gasteiger charge is 2.30. The van der Waals surface area contributed by atoms with Crippen molar-refractivity contribution in [2.75, 3.05) is 5.32 Å². The van der Waals surface area contributed by atoms with E-state index in [9.17, 15) is 4.79 Å². The lowest BCUT2D eigenvalue weighted by Crippen LogP contribution is -2.44. The van der Waals surface area contributed by atoms with Gasteiger partial charge in [0.05, 0.1) is 17.1 Å². The summed E-state index contributed by atoms with van der Waals surface area (Å²) in [4.78, 5) is 12.3. The van der Waals surface area contributed by atoms with Gasteiger partial charge in [-0.1, -0.05) is 19.3 Å². The minimum Gasteiger partial charge on any atom is -0.325 e. The van der Waals surface area contributed by atoms with E-state index in [-0.39, 0.29) is 17.5 Å². The molecule has 0 aromatic carbocycles. The molecule has 0 bridgehead atoms. The Morgan fingerprint density at radius 3 is 2.48 bits per heavy atom. The van der Waals surface area contributed by atoms with Gasteiger partial charge in [-0.2, -0.15) is 5.10 Å². The van der Waals surface area contributed by atoms with Crippen molar-refractivity contribution in [1.82, 2.24) is 9.78 Å². The second-order valence-corrected chi connectivity index (χ2v) is 6.73. The van der Waals surface area contributed by atoms with Crippen LogP contribution in [0.3, 0.4) is 0 Å². The van der Waals surface area contributed by atoms with Crippen LogP contribution in [0.4, 0.5) is 5.69 Å². The molecule has 1 aliphatic rings. The van der Waals surface area contributed by atoms with Gasteiger partial charge in [0.2, 0.25) is 5.91 Å². The van der Waals surface area contributed by atoms with Gasteiger partial charge in [0.1, 0.15) is 0 Å². The number of hydrogen-bond acceptors (Lipinski definition) is 3. The maximum Gasteiger partial charge on any atom is 0.226 e. The van der Waals surface area contributed by atoms with Crippen molar-refractivity contribution >= 4 is 11.6 Å². The number of carbonyl (C=O) groups excluding carboxylic acids is 1. The lowest BCUT2D eigenvalue weighted by Gasteiger charge is -2.32. The van der Waals surface area contributed by atoms with Crippen LogP contribution in [0.25, 0.3) is 0 Å². The predicted molar refractivity (Wildman–Crippen MR) is 85.3 cm³/mol. The molecule has 0 unspecified atom stereocenters. The van der Waals surface area contributed by atoms with E-state index in [1.54, 1.807) is 0 Å². The normalized spacial score (nSPS) is 18.0. The first kappa shape index (κ1) is 16.0. The average Bonchev–Trinajstić information content (AvgIpc) is 2.67. The fraction of sp³-hybridized carbons (Fsp3) is 0.750. The van der Waals surface area contributed by atoms with Gasteiger partial charge in [0.25, 0.3) is 0 Å². The second-order valence-electron chi connectivity index (χ2n) is 6.73. The fourth-order valence-corrected chi connectivity index (χ4v) is 3.28. The van der Waals surface area contributed by atoms with Crippen molar-refractivity contribution in [2.45, 2.75) is 77.8 Å². The van der Waals surface area contributed by atoms with Crippen LogP contribution < -0.4 is 11.1 Å². The largest absolute Gasteiger partial charge is 0.325 e. The topological polar surface area (TPSA) is 72.9 Å². The summed E-state index contributed by atoms with van der Waals surface area (Å²) < 4.78 is 1.95. The van der Waals surface area contributed by atoms with Gasteiger partial charge in [-0.3, -0.25) is 9.48 Å². The molecule has 21 heavy (non-hydrogen) atoms. The van der Waals surface area contributed by atoms with Crippen molar-refractivity contribution < 1.29 is 4.79 Å². The Morgan fingerprint density at radius 2 is 1.95 bits per heavy atom. The smallest absolute Gasteiger partial charge is 0.226 e. The summed E-state index contributed by atoms with van der Waals surface area (Å²) in [7, 11) is 0. The van der Waals surface area contributed by atoms with E-state index in [1.165, 1.54) is 6.42 Å². The van der Waals surface area contributed by atoms with E-state index in [2.05, 4.69) is 24.3 Å². The third-order valence-electron chi connectivity index (χ3n) is 4.44. The molecule has 5 nitrogen and oxygen atoms in total. The van der Waals surface area contributed by atoms with Crippen molar-refractivity contribution in [3.8, 4) is 0 Å². The first-order chi connectivity index (χ1) is 9.82. The summed E-state index contributed by atoms with van der Waals surface area (Å²) in [6, 6.07) is 0.286. The molecule has 1 amide bonds. The van der Waals surface area contributed by atoms with Crippen LogP contribution in [0.5, 0.6) is 0 Å². The quantitative estimate of drug-likeness (QED) is 0.895. The summed E-state index contributed by atoms with van der Waals surface area (Å²) in [5.41, 5.74) is 8.75. The minimum atomic E-state index is -0.321. The van der Waals surface area contributed by atoms with Crippen molar-refractivity contribution in [1.29, 1.82) is 0 Å². The highest BCUT2D eigenvalue weighted by Crippen LogP contribution is 2.29. The molecular formula is C16H28N4O. The summed E-state index contributed by atoms with van der Waals surface area (Å²) in [6.07, 6.45) is 5.80. The second kappa shape index (κ2) is 6.18. The molecule has 0 atom stereocenters. The van der Waals surface area contributed by atoms with Crippen molar-refractivity contribution in [2.24, 2.45) is 5.73 Å². The molecule has 1 aromatic rings. The zero-order valence-electron chi connectivity index (χ0n) is 13.7. The zero-order valence-corrected chi connectivity index (χ0v) is 13.7. The van der Waals surface area contributed by atoms with Crippen LogP contribution in [-0.2, 0) is 4.79 Å². The number of carbonyl (C=O) groups is 1. The molecule has 2 rings (SSSR count). The van der Waals surface area contributed by atoms with Crippen LogP contribution in [0.15, 0.2) is 0 Å². The SMILES string of the molecule is Cc1nn(C(C)C)c(C)c1NC(=O)CC1(N)CCCCC1. The first-order valence-corrected chi connectivity index (χ1v) is 7.97. The number of rotatable bonds is 4. The molecule has 1 aromatic heterocycles. The van der Waals surface area contributed by atoms with Crippen molar-refractivity contribution in [3.63, 3.8) is 0 Å². The number of anilines is 1. The number of aromatic nitrogens is 2. The van der Waals surface area contributed by atoms with Gasteiger partial charge in [-0.25, -0.2) is 0 Å². The summed E-state index contributed by atoms with van der Waals surface area (Å²) >= 11 is 0. The molecule has 3 N–H and O–H groups in total. The average molecular weight is 292 g/mol. The molecule has 1 saturated carbocycles. The van der Waals surface area contributed by atoms with E-state index in [0.29, 0.717) is 6.42 Å². The third-order valence-corrected chi connectivity index (χ3v) is 4.44. The molecule has 118 valence electrons. The molecule has 0 spiro atoms. The molecule has 1 aliphatic carbocycles. The van der Waals surface area contributed by atoms with Crippen LogP contribution in [-0.4, -0.2) is 21.2 Å². The standard InChI is InChI=1S/C16H28N4O/c1-11(2)20-13(4)15(12(3)19-20)18-14(21)10-16(17)8-6-5-7-9-16/h11H,5-10,17H2,1-4H3,(H,18,21). The molecule has 0 aliphatic heterocycles. The number of nitrogens with zero attached hydrogens (tertiary/aromatic N) is 2.